The van der Waals surface area contributed by atoms with Crippen molar-refractivity contribution in [1.82, 2.24) is 0 Å². The van der Waals surface area contributed by atoms with Crippen LogP contribution in [0.25, 0.3) is 11.6 Å². The molecule has 2 aliphatic heterocycles. The van der Waals surface area contributed by atoms with Gasteiger partial charge in [0.2, 0.25) is 0 Å². The van der Waals surface area contributed by atoms with E-state index in [-0.39, 0.29) is 16.9 Å². The van der Waals surface area contributed by atoms with Crippen LogP contribution >= 0.6 is 0 Å². The Hall–Kier alpha value is -2.78. The van der Waals surface area contributed by atoms with Crippen LogP contribution in [-0.4, -0.2) is 17.8 Å². The van der Waals surface area contributed by atoms with E-state index in [4.69, 9.17) is 4.74 Å². The number of aliphatic hydroxyl groups excluding tert-OH is 1. The number of fused-ring (bicyclic) bond motifs is 4. The average Bonchev–Trinajstić information content (AvgIpc) is 2.73. The molecule has 0 aromatic heterocycles. The van der Waals surface area contributed by atoms with Crippen molar-refractivity contribution in [3.63, 3.8) is 0 Å². The summed E-state index contributed by atoms with van der Waals surface area (Å²) in [5, 5.41) is 10.8. The maximum absolute atomic E-state index is 10.8. The highest BCUT2D eigenvalue weighted by atomic mass is 16.5. The normalized spacial score (nSPS) is 19.8. The highest BCUT2D eigenvalue weighted by Crippen LogP contribution is 2.52. The van der Waals surface area contributed by atoms with Crippen molar-refractivity contribution >= 4 is 17.3 Å². The summed E-state index contributed by atoms with van der Waals surface area (Å²) in [6, 6.07) is 13.5. The Morgan fingerprint density at radius 2 is 1.88 bits per heavy atom. The molecule has 3 nitrogen and oxygen atoms in total. The highest BCUT2D eigenvalue weighted by Gasteiger charge is 2.40. The van der Waals surface area contributed by atoms with Gasteiger partial charge in [0, 0.05) is 17.5 Å². The van der Waals surface area contributed by atoms with Crippen LogP contribution in [0.15, 0.2) is 60.0 Å². The van der Waals surface area contributed by atoms with Gasteiger partial charge >= 0.3 is 0 Å². The fourth-order valence-corrected chi connectivity index (χ4v) is 5.24. The summed E-state index contributed by atoms with van der Waals surface area (Å²) in [5.74, 6) is 0.842. The predicted octanol–water partition coefficient (Wildman–Crippen LogP) is 7.20. The van der Waals surface area contributed by atoms with Gasteiger partial charge in [-0.05, 0) is 52.3 Å². The van der Waals surface area contributed by atoms with Gasteiger partial charge in [0.1, 0.15) is 12.4 Å². The molecule has 3 heteroatoms. The molecule has 1 aliphatic carbocycles. The summed E-state index contributed by atoms with van der Waals surface area (Å²) in [5.41, 5.74) is 10.3. The zero-order valence-electron chi connectivity index (χ0n) is 21.6. The number of aryl methyl sites for hydroxylation is 1. The number of aliphatic hydroxyl groups is 1. The van der Waals surface area contributed by atoms with Crippen LogP contribution in [0.5, 0.6) is 0 Å². The lowest BCUT2D eigenvalue weighted by atomic mass is 9.72. The van der Waals surface area contributed by atoms with Crippen LogP contribution < -0.4 is 4.90 Å². The molecule has 0 bridgehead atoms. The quantitative estimate of drug-likeness (QED) is 0.495. The monoisotopic (exact) mass is 455 g/mol. The summed E-state index contributed by atoms with van der Waals surface area (Å²) in [7, 11) is 0. The third-order valence-electron chi connectivity index (χ3n) is 7.25. The SMILES string of the molecule is Cc1cc2c3c(c1)C1C=Cc4ccccc4N1C(CO/C(=C\C(O)C(C)(C)C)C(C)(C)C)=C3C2. The van der Waals surface area contributed by atoms with Crippen molar-refractivity contribution in [2.24, 2.45) is 10.8 Å². The van der Waals surface area contributed by atoms with E-state index in [1.54, 1.807) is 0 Å². The Bertz CT molecular complexity index is 1230. The molecule has 0 spiro atoms. The first-order chi connectivity index (χ1) is 15.9. The van der Waals surface area contributed by atoms with Crippen LogP contribution in [0.2, 0.25) is 0 Å². The van der Waals surface area contributed by atoms with Crippen molar-refractivity contribution in [2.45, 2.75) is 67.0 Å². The minimum absolute atomic E-state index is 0.174. The number of hydrogen-bond acceptors (Lipinski definition) is 3. The molecule has 2 aromatic carbocycles. The van der Waals surface area contributed by atoms with Gasteiger partial charge in [0.05, 0.1) is 17.8 Å². The number of hydrogen-bond donors (Lipinski definition) is 1. The molecule has 3 aliphatic rings. The number of rotatable bonds is 4. The maximum atomic E-state index is 10.8. The summed E-state index contributed by atoms with van der Waals surface area (Å²) in [6.45, 7) is 15.3. The third kappa shape index (κ3) is 3.80. The molecule has 0 radical (unpaired) electrons. The average molecular weight is 456 g/mol. The Morgan fingerprint density at radius 1 is 1.15 bits per heavy atom. The number of allylic oxidation sites excluding steroid dienone is 2. The van der Waals surface area contributed by atoms with Gasteiger partial charge in [-0.15, -0.1) is 0 Å². The molecule has 0 saturated carbocycles. The molecule has 34 heavy (non-hydrogen) atoms. The Morgan fingerprint density at radius 3 is 2.59 bits per heavy atom. The van der Waals surface area contributed by atoms with Crippen molar-refractivity contribution in [3.05, 3.63) is 87.8 Å². The lowest BCUT2D eigenvalue weighted by Gasteiger charge is -2.47. The summed E-state index contributed by atoms with van der Waals surface area (Å²) >= 11 is 0. The van der Waals surface area contributed by atoms with Gasteiger partial charge in [-0.2, -0.15) is 0 Å². The number of anilines is 1. The molecular weight excluding hydrogens is 418 g/mol. The van der Waals surface area contributed by atoms with Crippen LogP contribution in [0.4, 0.5) is 5.69 Å². The highest BCUT2D eigenvalue weighted by molar-refractivity contribution is 5.92. The fraction of sp³-hybridized carbons (Fsp3) is 0.419. The Labute approximate surface area is 204 Å². The van der Waals surface area contributed by atoms with Crippen molar-refractivity contribution in [2.75, 3.05) is 11.5 Å². The molecule has 5 rings (SSSR count). The second kappa shape index (κ2) is 7.88. The number of para-hydroxylation sites is 1. The van der Waals surface area contributed by atoms with E-state index in [2.05, 4.69) is 102 Å². The van der Waals surface area contributed by atoms with Gasteiger partial charge in [-0.25, -0.2) is 0 Å². The fourth-order valence-electron chi connectivity index (χ4n) is 5.24. The molecule has 2 unspecified atom stereocenters. The van der Waals surface area contributed by atoms with Crippen LogP contribution in [-0.2, 0) is 11.2 Å². The van der Waals surface area contributed by atoms with E-state index in [1.165, 1.54) is 44.8 Å². The molecule has 0 amide bonds. The standard InChI is InChI=1S/C31H37NO2/c1-19-14-21-16-23-26(18-34-28(31(5,6)7)17-27(33)30(2,3)4)32-24-11-9-8-10-20(24)12-13-25(32)22(15-19)29(21)23/h8-15,17,25,27,33H,16,18H2,1-7H3/b28-17-. The minimum Gasteiger partial charge on any atom is -0.491 e. The number of benzene rings is 2. The number of ether oxygens (including phenoxy) is 1. The second-order valence-electron chi connectivity index (χ2n) is 12.1. The summed E-state index contributed by atoms with van der Waals surface area (Å²) in [4.78, 5) is 2.48. The Balaban J connectivity index is 1.58. The summed E-state index contributed by atoms with van der Waals surface area (Å²) < 4.78 is 6.59. The van der Waals surface area contributed by atoms with E-state index >= 15 is 0 Å². The summed E-state index contributed by atoms with van der Waals surface area (Å²) in [6.07, 6.45) is 6.91. The van der Waals surface area contributed by atoms with E-state index in [9.17, 15) is 5.11 Å². The van der Waals surface area contributed by atoms with Gasteiger partial charge in [-0.3, -0.25) is 0 Å². The number of nitrogens with zero attached hydrogens (tertiary/aromatic N) is 1. The first kappa shape index (κ1) is 23.0. The van der Waals surface area contributed by atoms with E-state index < -0.39 is 6.10 Å². The first-order valence-electron chi connectivity index (χ1n) is 12.4. The molecule has 2 aromatic rings. The third-order valence-corrected chi connectivity index (χ3v) is 7.25. The van der Waals surface area contributed by atoms with E-state index in [0.29, 0.717) is 6.61 Å². The van der Waals surface area contributed by atoms with Gasteiger partial charge in [0.15, 0.2) is 0 Å². The van der Waals surface area contributed by atoms with Crippen LogP contribution in [0, 0.1) is 17.8 Å². The second-order valence-corrected chi connectivity index (χ2v) is 12.1. The van der Waals surface area contributed by atoms with Crippen LogP contribution in [0.1, 0.15) is 75.4 Å². The zero-order chi connectivity index (χ0) is 24.4. The lowest BCUT2D eigenvalue weighted by Crippen LogP contribution is -2.39. The van der Waals surface area contributed by atoms with Crippen molar-refractivity contribution in [1.29, 1.82) is 0 Å². The van der Waals surface area contributed by atoms with E-state index in [0.717, 1.165) is 12.2 Å². The molecule has 1 N–H and O–H groups in total. The largest absolute Gasteiger partial charge is 0.491 e. The van der Waals surface area contributed by atoms with E-state index in [1.807, 2.05) is 6.08 Å². The van der Waals surface area contributed by atoms with Crippen molar-refractivity contribution in [3.8, 4) is 0 Å². The van der Waals surface area contributed by atoms with Crippen molar-refractivity contribution < 1.29 is 9.84 Å². The maximum Gasteiger partial charge on any atom is 0.128 e. The minimum atomic E-state index is -0.573. The first-order valence-corrected chi connectivity index (χ1v) is 12.4. The molecule has 178 valence electrons. The lowest BCUT2D eigenvalue weighted by molar-refractivity contribution is 0.0915. The van der Waals surface area contributed by atoms with Gasteiger partial charge in [-0.1, -0.05) is 89.6 Å². The van der Waals surface area contributed by atoms with Crippen LogP contribution in [0.3, 0.4) is 0 Å². The molecule has 0 saturated heterocycles. The van der Waals surface area contributed by atoms with Gasteiger partial charge in [0.25, 0.3) is 0 Å². The molecular formula is C31H37NO2. The zero-order valence-corrected chi connectivity index (χ0v) is 21.6. The molecule has 2 atom stereocenters. The smallest absolute Gasteiger partial charge is 0.128 e. The predicted molar refractivity (Wildman–Crippen MR) is 141 cm³/mol. The van der Waals surface area contributed by atoms with Gasteiger partial charge < -0.3 is 14.7 Å². The Kier molecular flexibility index (Phi) is 5.33. The molecule has 0 fully saturated rings. The molecule has 2 heterocycles. The topological polar surface area (TPSA) is 32.7 Å².